The van der Waals surface area contributed by atoms with Gasteiger partial charge in [0.2, 0.25) is 0 Å². The smallest absolute Gasteiger partial charge is 0.315 e. The van der Waals surface area contributed by atoms with E-state index in [0.717, 1.165) is 12.3 Å². The molecule has 4 nitrogen and oxygen atoms in total. The van der Waals surface area contributed by atoms with Gasteiger partial charge in [-0.15, -0.1) is 0 Å². The maximum Gasteiger partial charge on any atom is 0.315 e. The van der Waals surface area contributed by atoms with Gasteiger partial charge in [-0.25, -0.2) is 4.79 Å². The van der Waals surface area contributed by atoms with Gasteiger partial charge in [-0.2, -0.15) is 11.8 Å². The van der Waals surface area contributed by atoms with Crippen molar-refractivity contribution < 1.29 is 9.59 Å². The fourth-order valence-corrected chi connectivity index (χ4v) is 2.56. The van der Waals surface area contributed by atoms with Crippen LogP contribution in [0.25, 0.3) is 0 Å². The lowest BCUT2D eigenvalue weighted by Gasteiger charge is -2.21. The second-order valence-corrected chi connectivity index (χ2v) is 4.49. The summed E-state index contributed by atoms with van der Waals surface area (Å²) >= 11 is 1.94. The third-order valence-electron chi connectivity index (χ3n) is 2.15. The maximum absolute atomic E-state index is 11.1. The minimum absolute atomic E-state index is 0.0885. The van der Waals surface area contributed by atoms with Crippen molar-refractivity contribution in [2.75, 3.05) is 24.6 Å². The van der Waals surface area contributed by atoms with Crippen LogP contribution in [-0.2, 0) is 4.79 Å². The zero-order chi connectivity index (χ0) is 10.2. The molecule has 2 N–H and O–H groups in total. The number of hydrogen-bond donors (Lipinski definition) is 2. The number of aldehydes is 1. The van der Waals surface area contributed by atoms with E-state index in [2.05, 4.69) is 10.6 Å². The summed E-state index contributed by atoms with van der Waals surface area (Å²) in [5.74, 6) is 2.97. The Bertz CT molecular complexity index is 193. The number of rotatable bonds is 4. The lowest BCUT2D eigenvalue weighted by Crippen LogP contribution is -2.39. The maximum atomic E-state index is 11.1. The van der Waals surface area contributed by atoms with E-state index in [1.807, 2.05) is 11.8 Å². The van der Waals surface area contributed by atoms with E-state index < -0.39 is 0 Å². The molecule has 0 aromatic heterocycles. The molecule has 1 aliphatic heterocycles. The van der Waals surface area contributed by atoms with Crippen LogP contribution < -0.4 is 10.6 Å². The van der Waals surface area contributed by atoms with Gasteiger partial charge in [-0.3, -0.25) is 0 Å². The predicted octanol–water partition coefficient (Wildman–Crippen LogP) is 0.628. The zero-order valence-electron chi connectivity index (χ0n) is 8.12. The monoisotopic (exact) mass is 216 g/mol. The molecule has 1 saturated heterocycles. The fourth-order valence-electron chi connectivity index (χ4n) is 1.40. The van der Waals surface area contributed by atoms with E-state index in [0.29, 0.717) is 12.2 Å². The Hall–Kier alpha value is -0.710. The molecule has 1 aliphatic rings. The molecule has 0 aromatic rings. The van der Waals surface area contributed by atoms with E-state index in [1.54, 1.807) is 0 Å². The summed E-state index contributed by atoms with van der Waals surface area (Å²) in [7, 11) is 0. The van der Waals surface area contributed by atoms with Crippen molar-refractivity contribution >= 4 is 24.1 Å². The molecule has 0 spiro atoms. The van der Waals surface area contributed by atoms with Crippen molar-refractivity contribution in [3.63, 3.8) is 0 Å². The van der Waals surface area contributed by atoms with Crippen LogP contribution in [0.3, 0.4) is 0 Å². The van der Waals surface area contributed by atoms with Crippen LogP contribution in [0.5, 0.6) is 0 Å². The fraction of sp³-hybridized carbons (Fsp3) is 0.778. The molecule has 1 rings (SSSR count). The highest BCUT2D eigenvalue weighted by molar-refractivity contribution is 7.99. The van der Waals surface area contributed by atoms with Crippen LogP contribution in [0.4, 0.5) is 4.79 Å². The molecule has 5 heteroatoms. The van der Waals surface area contributed by atoms with Crippen LogP contribution in [0, 0.1) is 5.92 Å². The van der Waals surface area contributed by atoms with Crippen molar-refractivity contribution in [1.82, 2.24) is 10.6 Å². The first kappa shape index (κ1) is 11.4. The average Bonchev–Trinajstić information content (AvgIpc) is 2.25. The second kappa shape index (κ2) is 6.70. The van der Waals surface area contributed by atoms with Gasteiger partial charge in [0.15, 0.2) is 0 Å². The van der Waals surface area contributed by atoms with Crippen LogP contribution in [0.2, 0.25) is 0 Å². The van der Waals surface area contributed by atoms with E-state index in [9.17, 15) is 9.59 Å². The molecule has 0 aliphatic carbocycles. The first-order valence-electron chi connectivity index (χ1n) is 4.86. The minimum Gasteiger partial charge on any atom is -0.338 e. The van der Waals surface area contributed by atoms with Gasteiger partial charge in [0, 0.05) is 6.54 Å². The number of urea groups is 1. The highest BCUT2D eigenvalue weighted by Crippen LogP contribution is 2.21. The van der Waals surface area contributed by atoms with Gasteiger partial charge in [0.25, 0.3) is 0 Å². The first-order valence-corrected chi connectivity index (χ1v) is 6.01. The minimum atomic E-state index is -0.243. The molecule has 1 atom stereocenters. The van der Waals surface area contributed by atoms with E-state index in [4.69, 9.17) is 0 Å². The van der Waals surface area contributed by atoms with Crippen molar-refractivity contribution in [2.24, 2.45) is 5.92 Å². The van der Waals surface area contributed by atoms with Gasteiger partial charge in [0.05, 0.1) is 6.54 Å². The lowest BCUT2D eigenvalue weighted by atomic mass is 10.1. The SMILES string of the molecule is O=CCNC(=O)NCC1CCCSC1. The topological polar surface area (TPSA) is 58.2 Å². The van der Waals surface area contributed by atoms with E-state index in [1.165, 1.54) is 18.6 Å². The Balaban J connectivity index is 2.06. The van der Waals surface area contributed by atoms with Gasteiger partial charge in [-0.1, -0.05) is 0 Å². The van der Waals surface area contributed by atoms with Crippen molar-refractivity contribution in [3.05, 3.63) is 0 Å². The van der Waals surface area contributed by atoms with Gasteiger partial charge >= 0.3 is 6.03 Å². The summed E-state index contributed by atoms with van der Waals surface area (Å²) in [4.78, 5) is 21.0. The molecule has 1 unspecified atom stereocenters. The second-order valence-electron chi connectivity index (χ2n) is 3.34. The summed E-state index contributed by atoms with van der Waals surface area (Å²) in [5, 5.41) is 5.21. The number of carbonyl (C=O) groups is 2. The van der Waals surface area contributed by atoms with E-state index in [-0.39, 0.29) is 12.6 Å². The molecule has 0 saturated carbocycles. The third-order valence-corrected chi connectivity index (χ3v) is 3.44. The molecule has 2 amide bonds. The Morgan fingerprint density at radius 1 is 1.50 bits per heavy atom. The Morgan fingerprint density at radius 2 is 2.36 bits per heavy atom. The number of amides is 2. The molecule has 14 heavy (non-hydrogen) atoms. The largest absolute Gasteiger partial charge is 0.338 e. The highest BCUT2D eigenvalue weighted by atomic mass is 32.2. The van der Waals surface area contributed by atoms with Gasteiger partial charge in [-0.05, 0) is 30.3 Å². The molecular formula is C9H16N2O2S. The normalized spacial score (nSPS) is 21.3. The molecule has 80 valence electrons. The van der Waals surface area contributed by atoms with Gasteiger partial charge in [0.1, 0.15) is 6.29 Å². The third kappa shape index (κ3) is 4.50. The van der Waals surface area contributed by atoms with Crippen LogP contribution in [0.1, 0.15) is 12.8 Å². The van der Waals surface area contributed by atoms with E-state index >= 15 is 0 Å². The average molecular weight is 216 g/mol. The molecule has 1 fully saturated rings. The van der Waals surface area contributed by atoms with Crippen molar-refractivity contribution in [1.29, 1.82) is 0 Å². The molecule has 0 aromatic carbocycles. The van der Waals surface area contributed by atoms with Crippen LogP contribution >= 0.6 is 11.8 Å². The Labute approximate surface area is 88.2 Å². The summed E-state index contributed by atoms with van der Waals surface area (Å²) in [5.41, 5.74) is 0. The molecular weight excluding hydrogens is 200 g/mol. The van der Waals surface area contributed by atoms with Crippen LogP contribution in [-0.4, -0.2) is 36.9 Å². The summed E-state index contributed by atoms with van der Waals surface area (Å²) in [6, 6.07) is -0.243. The lowest BCUT2D eigenvalue weighted by molar-refractivity contribution is -0.107. The summed E-state index contributed by atoms with van der Waals surface area (Å²) in [6.07, 6.45) is 3.12. The number of nitrogens with one attached hydrogen (secondary N) is 2. The standard InChI is InChI=1S/C9H16N2O2S/c12-4-3-10-9(13)11-6-8-2-1-5-14-7-8/h4,8H,1-3,5-7H2,(H2,10,11,13). The summed E-state index contributed by atoms with van der Waals surface area (Å²) < 4.78 is 0. The predicted molar refractivity (Wildman–Crippen MR) is 57.5 cm³/mol. The van der Waals surface area contributed by atoms with Crippen molar-refractivity contribution in [2.45, 2.75) is 12.8 Å². The van der Waals surface area contributed by atoms with Crippen LogP contribution in [0.15, 0.2) is 0 Å². The first-order chi connectivity index (χ1) is 6.83. The molecule has 0 bridgehead atoms. The highest BCUT2D eigenvalue weighted by Gasteiger charge is 2.14. The quantitative estimate of drug-likeness (QED) is 0.678. The number of carbonyl (C=O) groups excluding carboxylic acids is 2. The number of hydrogen-bond acceptors (Lipinski definition) is 3. The Morgan fingerprint density at radius 3 is 3.00 bits per heavy atom. The van der Waals surface area contributed by atoms with Crippen molar-refractivity contribution in [3.8, 4) is 0 Å². The zero-order valence-corrected chi connectivity index (χ0v) is 8.94. The summed E-state index contributed by atoms with van der Waals surface area (Å²) in [6.45, 7) is 0.808. The molecule has 0 radical (unpaired) electrons. The number of thioether (sulfide) groups is 1. The molecule has 1 heterocycles. The Kier molecular flexibility index (Phi) is 5.44. The van der Waals surface area contributed by atoms with Gasteiger partial charge < -0.3 is 15.4 Å².